The van der Waals surface area contributed by atoms with Crippen molar-refractivity contribution in [2.75, 3.05) is 0 Å². The molecule has 1 aromatic carbocycles. The molecule has 0 saturated heterocycles. The van der Waals surface area contributed by atoms with Gasteiger partial charge in [0.05, 0.1) is 17.2 Å². The van der Waals surface area contributed by atoms with Gasteiger partial charge in [0.25, 0.3) is 0 Å². The molecule has 86 valence electrons. The van der Waals surface area contributed by atoms with E-state index >= 15 is 0 Å². The minimum absolute atomic E-state index is 0.0525. The molecule has 3 aromatic rings. The minimum atomic E-state index is 0.0525. The average molecular weight is 227 g/mol. The van der Waals surface area contributed by atoms with Crippen molar-refractivity contribution >= 4 is 22.0 Å². The molecule has 0 aliphatic rings. The molecule has 2 heterocycles. The van der Waals surface area contributed by atoms with Crippen molar-refractivity contribution in [2.24, 2.45) is 0 Å². The molecule has 17 heavy (non-hydrogen) atoms. The number of rotatable bonds is 2. The third-order valence-electron chi connectivity index (χ3n) is 3.02. The summed E-state index contributed by atoms with van der Waals surface area (Å²) in [6.07, 6.45) is 2.58. The first-order chi connectivity index (χ1) is 8.33. The van der Waals surface area contributed by atoms with Crippen molar-refractivity contribution in [1.82, 2.24) is 4.57 Å². The molecule has 0 spiro atoms. The van der Waals surface area contributed by atoms with Gasteiger partial charge in [-0.3, -0.25) is 4.79 Å². The quantitative estimate of drug-likeness (QED) is 0.674. The van der Waals surface area contributed by atoms with Crippen LogP contribution in [0.5, 0.6) is 0 Å². The highest BCUT2D eigenvalue weighted by molar-refractivity contribution is 5.91. The number of para-hydroxylation sites is 1. The molecule has 0 bridgehead atoms. The van der Waals surface area contributed by atoms with Gasteiger partial charge in [-0.1, -0.05) is 19.1 Å². The fraction of sp³-hybridized carbons (Fsp3) is 0.214. The average Bonchev–Trinajstić information content (AvgIpc) is 2.84. The molecule has 0 unspecified atom stereocenters. The smallest absolute Gasteiger partial charge is 0.210 e. The predicted octanol–water partition coefficient (Wildman–Crippen LogP) is 3.16. The Balaban J connectivity index is 2.57. The van der Waals surface area contributed by atoms with Gasteiger partial charge in [0, 0.05) is 11.9 Å². The van der Waals surface area contributed by atoms with E-state index in [4.69, 9.17) is 4.42 Å². The summed E-state index contributed by atoms with van der Waals surface area (Å²) in [4.78, 5) is 12.2. The van der Waals surface area contributed by atoms with Crippen molar-refractivity contribution in [3.05, 3.63) is 46.8 Å². The Morgan fingerprint density at radius 1 is 1.18 bits per heavy atom. The van der Waals surface area contributed by atoms with Crippen LogP contribution in [0.2, 0.25) is 0 Å². The summed E-state index contributed by atoms with van der Waals surface area (Å²) in [6.45, 7) is 2.96. The van der Waals surface area contributed by atoms with Gasteiger partial charge < -0.3 is 8.98 Å². The lowest BCUT2D eigenvalue weighted by Gasteiger charge is -2.10. The zero-order chi connectivity index (χ0) is 11.8. The van der Waals surface area contributed by atoms with Crippen LogP contribution in [0.3, 0.4) is 0 Å². The fourth-order valence-corrected chi connectivity index (χ4v) is 2.28. The lowest BCUT2D eigenvalue weighted by atomic mass is 10.1. The monoisotopic (exact) mass is 227 g/mol. The zero-order valence-corrected chi connectivity index (χ0v) is 9.64. The standard InChI is InChI=1S/C14H13NO2/c1-2-8-15-12-6-4-3-5-10(12)13(16)11-7-9-17-14(11)15/h3-7,9H,2,8H2,1H3. The van der Waals surface area contributed by atoms with Crippen molar-refractivity contribution in [1.29, 1.82) is 0 Å². The Hall–Kier alpha value is -2.03. The van der Waals surface area contributed by atoms with Gasteiger partial charge in [0.1, 0.15) is 0 Å². The van der Waals surface area contributed by atoms with Gasteiger partial charge in [-0.2, -0.15) is 0 Å². The highest BCUT2D eigenvalue weighted by Crippen LogP contribution is 2.20. The second kappa shape index (κ2) is 3.77. The van der Waals surface area contributed by atoms with Crippen LogP contribution in [-0.4, -0.2) is 4.57 Å². The molecular formula is C14H13NO2. The topological polar surface area (TPSA) is 35.1 Å². The third kappa shape index (κ3) is 1.39. The summed E-state index contributed by atoms with van der Waals surface area (Å²) < 4.78 is 7.53. The zero-order valence-electron chi connectivity index (χ0n) is 9.64. The van der Waals surface area contributed by atoms with E-state index in [1.165, 1.54) is 0 Å². The molecule has 0 atom stereocenters. The van der Waals surface area contributed by atoms with Gasteiger partial charge in [-0.25, -0.2) is 0 Å². The number of nitrogens with zero attached hydrogens (tertiary/aromatic N) is 1. The molecule has 0 N–H and O–H groups in total. The number of benzene rings is 1. The molecule has 3 heteroatoms. The van der Waals surface area contributed by atoms with E-state index < -0.39 is 0 Å². The number of fused-ring (bicyclic) bond motifs is 2. The van der Waals surface area contributed by atoms with Crippen LogP contribution < -0.4 is 5.43 Å². The maximum absolute atomic E-state index is 12.2. The largest absolute Gasteiger partial charge is 0.448 e. The fourth-order valence-electron chi connectivity index (χ4n) is 2.28. The number of aromatic nitrogens is 1. The Bertz CT molecular complexity index is 737. The van der Waals surface area contributed by atoms with Crippen molar-refractivity contribution < 1.29 is 4.42 Å². The maximum atomic E-state index is 12.2. The molecular weight excluding hydrogens is 214 g/mol. The van der Waals surface area contributed by atoms with Crippen molar-refractivity contribution in [3.63, 3.8) is 0 Å². The van der Waals surface area contributed by atoms with E-state index in [1.807, 2.05) is 24.3 Å². The lowest BCUT2D eigenvalue weighted by Crippen LogP contribution is -2.09. The molecule has 0 aliphatic heterocycles. The number of furan rings is 1. The highest BCUT2D eigenvalue weighted by atomic mass is 16.3. The molecule has 0 amide bonds. The van der Waals surface area contributed by atoms with E-state index in [1.54, 1.807) is 12.3 Å². The minimum Gasteiger partial charge on any atom is -0.448 e. The first kappa shape index (κ1) is 10.1. The van der Waals surface area contributed by atoms with Crippen molar-refractivity contribution in [2.45, 2.75) is 19.9 Å². The Kier molecular flexibility index (Phi) is 2.25. The van der Waals surface area contributed by atoms with Crippen LogP contribution in [0.4, 0.5) is 0 Å². The van der Waals surface area contributed by atoms with E-state index in [0.717, 1.165) is 23.9 Å². The summed E-state index contributed by atoms with van der Waals surface area (Å²) in [5.74, 6) is 0. The first-order valence-electron chi connectivity index (χ1n) is 5.81. The molecule has 3 rings (SSSR count). The lowest BCUT2D eigenvalue weighted by molar-refractivity contribution is 0.563. The van der Waals surface area contributed by atoms with E-state index in [0.29, 0.717) is 11.1 Å². The van der Waals surface area contributed by atoms with Gasteiger partial charge in [-0.15, -0.1) is 0 Å². The van der Waals surface area contributed by atoms with Crippen LogP contribution in [0, 0.1) is 0 Å². The SMILES string of the molecule is CCCn1c2ccccc2c(=O)c2ccoc21. The molecule has 0 fully saturated rings. The summed E-state index contributed by atoms with van der Waals surface area (Å²) >= 11 is 0. The summed E-state index contributed by atoms with van der Waals surface area (Å²) in [5, 5.41) is 1.42. The molecule has 3 nitrogen and oxygen atoms in total. The normalized spacial score (nSPS) is 11.4. The van der Waals surface area contributed by atoms with Gasteiger partial charge in [0.15, 0.2) is 0 Å². The van der Waals surface area contributed by atoms with Crippen LogP contribution >= 0.6 is 0 Å². The van der Waals surface area contributed by atoms with E-state index in [2.05, 4.69) is 11.5 Å². The Morgan fingerprint density at radius 3 is 2.82 bits per heavy atom. The van der Waals surface area contributed by atoms with Crippen LogP contribution in [0.15, 0.2) is 45.8 Å². The molecule has 2 aromatic heterocycles. The van der Waals surface area contributed by atoms with Crippen molar-refractivity contribution in [3.8, 4) is 0 Å². The Labute approximate surface area is 98.3 Å². The highest BCUT2D eigenvalue weighted by Gasteiger charge is 2.11. The van der Waals surface area contributed by atoms with Crippen LogP contribution in [0.1, 0.15) is 13.3 Å². The second-order valence-electron chi connectivity index (χ2n) is 4.14. The van der Waals surface area contributed by atoms with E-state index in [9.17, 15) is 4.79 Å². The van der Waals surface area contributed by atoms with Gasteiger partial charge in [-0.05, 0) is 24.6 Å². The first-order valence-corrected chi connectivity index (χ1v) is 5.81. The molecule has 0 aliphatic carbocycles. The summed E-state index contributed by atoms with van der Waals surface area (Å²) in [7, 11) is 0. The third-order valence-corrected chi connectivity index (χ3v) is 3.02. The molecule has 0 radical (unpaired) electrons. The van der Waals surface area contributed by atoms with Crippen LogP contribution in [0.25, 0.3) is 22.0 Å². The molecule has 0 saturated carbocycles. The predicted molar refractivity (Wildman–Crippen MR) is 68.3 cm³/mol. The maximum Gasteiger partial charge on any atom is 0.210 e. The van der Waals surface area contributed by atoms with Gasteiger partial charge in [0.2, 0.25) is 11.1 Å². The number of hydrogen-bond acceptors (Lipinski definition) is 2. The van der Waals surface area contributed by atoms with Gasteiger partial charge >= 0.3 is 0 Å². The van der Waals surface area contributed by atoms with E-state index in [-0.39, 0.29) is 5.43 Å². The Morgan fingerprint density at radius 2 is 2.00 bits per heavy atom. The summed E-state index contributed by atoms with van der Waals surface area (Å²) in [5.41, 5.74) is 1.68. The number of aryl methyl sites for hydroxylation is 1. The van der Waals surface area contributed by atoms with Crippen LogP contribution in [-0.2, 0) is 6.54 Å². The second-order valence-corrected chi connectivity index (χ2v) is 4.14. The number of pyridine rings is 1. The summed E-state index contributed by atoms with van der Waals surface area (Å²) in [6, 6.07) is 9.43. The number of hydrogen-bond donors (Lipinski definition) is 0.